The SMILES string of the molecule is CC(C)c1ccc(CN2CCCC3(C2)CN(c2ccc(=O)n(C)c2)C3=O)cc1. The molecule has 2 aliphatic heterocycles. The third-order valence-electron chi connectivity index (χ3n) is 6.25. The number of carbonyl (C=O) groups excluding carboxylic acids is 1. The second-order valence-electron chi connectivity index (χ2n) is 8.72. The third kappa shape index (κ3) is 3.39. The van der Waals surface area contributed by atoms with Gasteiger partial charge in [0.1, 0.15) is 0 Å². The molecule has 1 amide bonds. The maximum absolute atomic E-state index is 13.1. The summed E-state index contributed by atoms with van der Waals surface area (Å²) in [4.78, 5) is 28.9. The fourth-order valence-corrected chi connectivity index (χ4v) is 4.52. The van der Waals surface area contributed by atoms with Crippen LogP contribution in [-0.2, 0) is 18.4 Å². The van der Waals surface area contributed by atoms with Gasteiger partial charge < -0.3 is 9.47 Å². The second-order valence-corrected chi connectivity index (χ2v) is 8.72. The number of amides is 1. The van der Waals surface area contributed by atoms with Crippen LogP contribution < -0.4 is 10.5 Å². The van der Waals surface area contributed by atoms with E-state index in [2.05, 4.69) is 43.0 Å². The van der Waals surface area contributed by atoms with Crippen LogP contribution in [0.3, 0.4) is 0 Å². The first-order chi connectivity index (χ1) is 13.4. The largest absolute Gasteiger partial charge is 0.317 e. The molecule has 2 aliphatic rings. The van der Waals surface area contributed by atoms with Crippen LogP contribution in [0.1, 0.15) is 43.7 Å². The number of carbonyl (C=O) groups is 1. The Morgan fingerprint density at radius 2 is 1.79 bits per heavy atom. The number of aromatic nitrogens is 1. The number of pyridine rings is 1. The molecule has 4 rings (SSSR count). The number of anilines is 1. The highest BCUT2D eigenvalue weighted by Gasteiger charge is 2.54. The van der Waals surface area contributed by atoms with Crippen LogP contribution >= 0.6 is 0 Å². The number of β-lactam (4-membered cyclic amide) rings is 1. The highest BCUT2D eigenvalue weighted by atomic mass is 16.2. The predicted molar refractivity (Wildman–Crippen MR) is 112 cm³/mol. The third-order valence-corrected chi connectivity index (χ3v) is 6.25. The van der Waals surface area contributed by atoms with Crippen molar-refractivity contribution < 1.29 is 4.79 Å². The van der Waals surface area contributed by atoms with Gasteiger partial charge in [0, 0.05) is 38.9 Å². The molecule has 148 valence electrons. The van der Waals surface area contributed by atoms with E-state index in [1.165, 1.54) is 21.8 Å². The molecular weight excluding hydrogens is 350 g/mol. The molecule has 1 unspecified atom stereocenters. The van der Waals surface area contributed by atoms with Crippen LogP contribution in [0.25, 0.3) is 0 Å². The standard InChI is InChI=1S/C23H29N3O2/c1-17(2)19-7-5-18(6-8-19)13-25-12-4-11-23(15-25)16-26(22(23)28)20-9-10-21(27)24(3)14-20/h5-10,14,17H,4,11-13,15-16H2,1-3H3. The highest BCUT2D eigenvalue weighted by Crippen LogP contribution is 2.42. The Hall–Kier alpha value is -2.40. The lowest BCUT2D eigenvalue weighted by atomic mass is 9.72. The zero-order valence-electron chi connectivity index (χ0n) is 17.0. The minimum absolute atomic E-state index is 0.0567. The van der Waals surface area contributed by atoms with Crippen molar-refractivity contribution in [1.82, 2.24) is 9.47 Å². The zero-order chi connectivity index (χ0) is 19.9. The molecule has 2 saturated heterocycles. The molecule has 1 aromatic heterocycles. The molecule has 5 nitrogen and oxygen atoms in total. The van der Waals surface area contributed by atoms with E-state index >= 15 is 0 Å². The average molecular weight is 380 g/mol. The highest BCUT2D eigenvalue weighted by molar-refractivity contribution is 6.04. The normalized spacial score (nSPS) is 22.7. The molecule has 2 aromatic rings. The van der Waals surface area contributed by atoms with Crippen molar-refractivity contribution >= 4 is 11.6 Å². The maximum atomic E-state index is 13.1. The Bertz CT molecular complexity index is 932. The van der Waals surface area contributed by atoms with E-state index in [0.29, 0.717) is 5.92 Å². The van der Waals surface area contributed by atoms with Crippen molar-refractivity contribution in [2.45, 2.75) is 39.2 Å². The van der Waals surface area contributed by atoms with Crippen LogP contribution in [0.15, 0.2) is 47.4 Å². The van der Waals surface area contributed by atoms with E-state index in [1.54, 1.807) is 19.3 Å². The number of likely N-dealkylation sites (tertiary alicyclic amines) is 1. The summed E-state index contributed by atoms with van der Waals surface area (Å²) in [6.07, 6.45) is 3.76. The molecule has 0 bridgehead atoms. The van der Waals surface area contributed by atoms with E-state index in [1.807, 2.05) is 4.90 Å². The lowest BCUT2D eigenvalue weighted by Crippen LogP contribution is -2.67. The molecule has 5 heteroatoms. The summed E-state index contributed by atoms with van der Waals surface area (Å²) in [5.41, 5.74) is 3.17. The molecule has 0 saturated carbocycles. The van der Waals surface area contributed by atoms with Crippen LogP contribution in [0.5, 0.6) is 0 Å². The van der Waals surface area contributed by atoms with Crippen molar-refractivity contribution in [1.29, 1.82) is 0 Å². The first-order valence-corrected chi connectivity index (χ1v) is 10.2. The van der Waals surface area contributed by atoms with Crippen molar-refractivity contribution in [3.05, 3.63) is 64.1 Å². The monoisotopic (exact) mass is 379 g/mol. The average Bonchev–Trinajstić information content (AvgIpc) is 2.69. The van der Waals surface area contributed by atoms with Crippen molar-refractivity contribution in [2.24, 2.45) is 12.5 Å². The van der Waals surface area contributed by atoms with E-state index in [-0.39, 0.29) is 16.9 Å². The van der Waals surface area contributed by atoms with E-state index in [0.717, 1.165) is 44.7 Å². The van der Waals surface area contributed by atoms with Gasteiger partial charge in [-0.15, -0.1) is 0 Å². The molecular formula is C23H29N3O2. The fourth-order valence-electron chi connectivity index (χ4n) is 4.52. The van der Waals surface area contributed by atoms with Gasteiger partial charge in [0.25, 0.3) is 0 Å². The molecule has 0 radical (unpaired) electrons. The number of hydrogen-bond donors (Lipinski definition) is 0. The maximum Gasteiger partial charge on any atom is 0.250 e. The first-order valence-electron chi connectivity index (χ1n) is 10.2. The Balaban J connectivity index is 1.43. The minimum Gasteiger partial charge on any atom is -0.317 e. The molecule has 28 heavy (non-hydrogen) atoms. The molecule has 2 fully saturated rings. The molecule has 0 N–H and O–H groups in total. The summed E-state index contributed by atoms with van der Waals surface area (Å²) in [5, 5.41) is 0. The number of piperidine rings is 1. The number of rotatable bonds is 4. The molecule has 1 atom stereocenters. The summed E-state index contributed by atoms with van der Waals surface area (Å²) < 4.78 is 1.53. The van der Waals surface area contributed by atoms with Gasteiger partial charge in [0.15, 0.2) is 0 Å². The minimum atomic E-state index is -0.259. The zero-order valence-corrected chi connectivity index (χ0v) is 17.0. The molecule has 3 heterocycles. The topological polar surface area (TPSA) is 45.5 Å². The quantitative estimate of drug-likeness (QED) is 0.767. The summed E-state index contributed by atoms with van der Waals surface area (Å²) in [6, 6.07) is 12.2. The van der Waals surface area contributed by atoms with Crippen LogP contribution in [0.2, 0.25) is 0 Å². The Morgan fingerprint density at radius 1 is 1.04 bits per heavy atom. The number of nitrogens with zero attached hydrogens (tertiary/aromatic N) is 3. The van der Waals surface area contributed by atoms with Gasteiger partial charge in [-0.25, -0.2) is 0 Å². The Labute approximate surface area is 166 Å². The summed E-state index contributed by atoms with van der Waals surface area (Å²) in [6.45, 7) is 7.92. The molecule has 1 spiro atoms. The summed E-state index contributed by atoms with van der Waals surface area (Å²) in [7, 11) is 1.72. The summed E-state index contributed by atoms with van der Waals surface area (Å²) >= 11 is 0. The molecule has 0 aliphatic carbocycles. The van der Waals surface area contributed by atoms with Crippen molar-refractivity contribution in [2.75, 3.05) is 24.5 Å². The lowest BCUT2D eigenvalue weighted by molar-refractivity contribution is -0.139. The van der Waals surface area contributed by atoms with E-state index in [9.17, 15) is 9.59 Å². The van der Waals surface area contributed by atoms with Gasteiger partial charge in [-0.3, -0.25) is 14.5 Å². The Kier molecular flexibility index (Phi) is 4.88. The van der Waals surface area contributed by atoms with Gasteiger partial charge in [-0.1, -0.05) is 38.1 Å². The van der Waals surface area contributed by atoms with Gasteiger partial charge in [0.2, 0.25) is 11.5 Å². The van der Waals surface area contributed by atoms with Gasteiger partial charge in [-0.2, -0.15) is 0 Å². The van der Waals surface area contributed by atoms with Gasteiger partial charge >= 0.3 is 0 Å². The van der Waals surface area contributed by atoms with Crippen LogP contribution in [0, 0.1) is 5.41 Å². The number of hydrogen-bond acceptors (Lipinski definition) is 3. The van der Waals surface area contributed by atoms with Crippen molar-refractivity contribution in [3.63, 3.8) is 0 Å². The van der Waals surface area contributed by atoms with Gasteiger partial charge in [0.05, 0.1) is 11.1 Å². The van der Waals surface area contributed by atoms with Crippen molar-refractivity contribution in [3.8, 4) is 0 Å². The van der Waals surface area contributed by atoms with E-state index < -0.39 is 0 Å². The van der Waals surface area contributed by atoms with E-state index in [4.69, 9.17) is 0 Å². The lowest BCUT2D eigenvalue weighted by Gasteiger charge is -2.53. The van der Waals surface area contributed by atoms with Crippen LogP contribution in [0.4, 0.5) is 5.69 Å². The number of aryl methyl sites for hydroxylation is 1. The molecule has 1 aromatic carbocycles. The fraction of sp³-hybridized carbons (Fsp3) is 0.478. The predicted octanol–water partition coefficient (Wildman–Crippen LogP) is 3.14. The smallest absolute Gasteiger partial charge is 0.250 e. The summed E-state index contributed by atoms with van der Waals surface area (Å²) in [5.74, 6) is 0.745. The van der Waals surface area contributed by atoms with Crippen LogP contribution in [-0.4, -0.2) is 35.0 Å². The number of benzene rings is 1. The Morgan fingerprint density at radius 3 is 2.43 bits per heavy atom. The second kappa shape index (κ2) is 7.21. The van der Waals surface area contributed by atoms with Gasteiger partial charge in [-0.05, 0) is 42.5 Å². The first kappa shape index (κ1) is 18.9.